The Morgan fingerprint density at radius 1 is 1.13 bits per heavy atom. The maximum Gasteiger partial charge on any atom is 0.243 e. The molecule has 2 aromatic heterocycles. The summed E-state index contributed by atoms with van der Waals surface area (Å²) in [4.78, 5) is 23.0. The van der Waals surface area contributed by atoms with Gasteiger partial charge in [0.05, 0.1) is 22.2 Å². The second kappa shape index (κ2) is 8.50. The summed E-state index contributed by atoms with van der Waals surface area (Å²) >= 11 is 7.17. The van der Waals surface area contributed by atoms with E-state index in [0.717, 1.165) is 5.39 Å². The molecule has 0 atom stereocenters. The number of aromatic nitrogens is 4. The van der Waals surface area contributed by atoms with Gasteiger partial charge in [0.25, 0.3) is 0 Å². The number of benzene rings is 1. The molecule has 0 spiro atoms. The number of amides is 1. The maximum atomic E-state index is 12.8. The minimum absolute atomic E-state index is 0.0563. The number of rotatable bonds is 5. The van der Waals surface area contributed by atoms with E-state index in [-0.39, 0.29) is 29.6 Å². The van der Waals surface area contributed by atoms with Crippen LogP contribution in [0.2, 0.25) is 5.02 Å². The highest BCUT2D eigenvalue weighted by molar-refractivity contribution is 8.00. The van der Waals surface area contributed by atoms with Crippen LogP contribution in [0.5, 0.6) is 0 Å². The van der Waals surface area contributed by atoms with Crippen molar-refractivity contribution >= 4 is 50.3 Å². The van der Waals surface area contributed by atoms with Crippen LogP contribution in [0.1, 0.15) is 0 Å². The third-order valence-electron chi connectivity index (χ3n) is 4.87. The van der Waals surface area contributed by atoms with Crippen molar-refractivity contribution in [1.29, 1.82) is 0 Å². The van der Waals surface area contributed by atoms with Gasteiger partial charge in [0.1, 0.15) is 11.4 Å². The molecule has 1 saturated heterocycles. The number of hydrogen-bond donors (Lipinski definition) is 0. The predicted octanol–water partition coefficient (Wildman–Crippen LogP) is 1.64. The molecule has 1 aromatic carbocycles. The third-order valence-corrected chi connectivity index (χ3v) is 8.02. The number of carbonyl (C=O) groups excluding carboxylic acids is 1. The first-order chi connectivity index (χ1) is 14.4. The summed E-state index contributed by atoms with van der Waals surface area (Å²) < 4.78 is 28.6. The van der Waals surface area contributed by atoms with Crippen molar-refractivity contribution in [1.82, 2.24) is 29.0 Å². The molecular formula is C18H19ClN6O3S2. The Balaban J connectivity index is 1.35. The largest absolute Gasteiger partial charge is 0.339 e. The fourth-order valence-corrected chi connectivity index (χ4v) is 5.62. The van der Waals surface area contributed by atoms with Gasteiger partial charge in [0, 0.05) is 38.2 Å². The molecule has 0 bridgehead atoms. The average molecular weight is 467 g/mol. The highest BCUT2D eigenvalue weighted by Gasteiger charge is 2.30. The Bertz CT molecular complexity index is 1170. The van der Waals surface area contributed by atoms with Crippen LogP contribution in [0, 0.1) is 0 Å². The topological polar surface area (TPSA) is 101 Å². The van der Waals surface area contributed by atoms with Gasteiger partial charge in [-0.1, -0.05) is 23.4 Å². The molecule has 3 heterocycles. The maximum absolute atomic E-state index is 12.8. The zero-order chi connectivity index (χ0) is 21.3. The van der Waals surface area contributed by atoms with Crippen LogP contribution in [0.15, 0.2) is 46.7 Å². The number of hydrogen-bond acceptors (Lipinski definition) is 7. The molecule has 0 radical (unpaired) electrons. The Hall–Kier alpha value is -2.21. The van der Waals surface area contributed by atoms with E-state index in [2.05, 4.69) is 15.1 Å². The molecule has 158 valence electrons. The smallest absolute Gasteiger partial charge is 0.243 e. The molecule has 0 unspecified atom stereocenters. The molecule has 1 aliphatic heterocycles. The molecule has 0 N–H and O–H groups in total. The molecule has 1 fully saturated rings. The first kappa shape index (κ1) is 21.0. The van der Waals surface area contributed by atoms with Gasteiger partial charge in [-0.25, -0.2) is 18.4 Å². The zero-order valence-electron chi connectivity index (χ0n) is 16.1. The van der Waals surface area contributed by atoms with Gasteiger partial charge in [-0.15, -0.1) is 0 Å². The van der Waals surface area contributed by atoms with Crippen molar-refractivity contribution in [3.05, 3.63) is 41.8 Å². The molecule has 3 aromatic rings. The summed E-state index contributed by atoms with van der Waals surface area (Å²) in [6.45, 7) is 1.19. The Morgan fingerprint density at radius 2 is 1.83 bits per heavy atom. The molecule has 9 nitrogen and oxygen atoms in total. The minimum atomic E-state index is -3.60. The van der Waals surface area contributed by atoms with E-state index in [9.17, 15) is 13.2 Å². The number of fused-ring (bicyclic) bond motifs is 1. The molecule has 0 saturated carbocycles. The van der Waals surface area contributed by atoms with Gasteiger partial charge in [-0.3, -0.25) is 9.48 Å². The van der Waals surface area contributed by atoms with E-state index < -0.39 is 10.0 Å². The van der Waals surface area contributed by atoms with Gasteiger partial charge >= 0.3 is 0 Å². The number of aryl methyl sites for hydroxylation is 1. The van der Waals surface area contributed by atoms with Crippen molar-refractivity contribution in [2.45, 2.75) is 9.92 Å². The molecular weight excluding hydrogens is 448 g/mol. The first-order valence-corrected chi connectivity index (χ1v) is 12.0. The predicted molar refractivity (Wildman–Crippen MR) is 114 cm³/mol. The molecule has 12 heteroatoms. The monoisotopic (exact) mass is 466 g/mol. The van der Waals surface area contributed by atoms with E-state index in [1.807, 2.05) is 0 Å². The second-order valence-corrected chi connectivity index (χ2v) is 10.1. The lowest BCUT2D eigenvalue weighted by Crippen LogP contribution is -2.50. The van der Waals surface area contributed by atoms with Crippen molar-refractivity contribution in [2.24, 2.45) is 7.05 Å². The van der Waals surface area contributed by atoms with Crippen LogP contribution in [-0.4, -0.2) is 75.2 Å². The van der Waals surface area contributed by atoms with E-state index >= 15 is 0 Å². The van der Waals surface area contributed by atoms with E-state index in [1.54, 1.807) is 35.0 Å². The van der Waals surface area contributed by atoms with Gasteiger partial charge in [0.15, 0.2) is 5.65 Å². The summed E-state index contributed by atoms with van der Waals surface area (Å²) in [5.41, 5.74) is 0.709. The fourth-order valence-electron chi connectivity index (χ4n) is 3.21. The van der Waals surface area contributed by atoms with Crippen LogP contribution >= 0.6 is 23.4 Å². The molecule has 1 amide bonds. The van der Waals surface area contributed by atoms with Crippen molar-refractivity contribution in [3.8, 4) is 0 Å². The summed E-state index contributed by atoms with van der Waals surface area (Å²) in [5.74, 6) is 0.157. The third kappa shape index (κ3) is 4.15. The summed E-state index contributed by atoms with van der Waals surface area (Å²) in [5, 5.41) is 6.15. The Labute approximate surface area is 183 Å². The zero-order valence-corrected chi connectivity index (χ0v) is 18.5. The van der Waals surface area contributed by atoms with Crippen LogP contribution < -0.4 is 0 Å². The lowest BCUT2D eigenvalue weighted by atomic mass is 10.3. The lowest BCUT2D eigenvalue weighted by molar-refractivity contribution is -0.129. The minimum Gasteiger partial charge on any atom is -0.339 e. The highest BCUT2D eigenvalue weighted by atomic mass is 35.5. The van der Waals surface area contributed by atoms with Gasteiger partial charge in [0.2, 0.25) is 15.9 Å². The second-order valence-electron chi connectivity index (χ2n) is 6.71. The number of piperazine rings is 1. The van der Waals surface area contributed by atoms with Crippen LogP contribution in [0.4, 0.5) is 0 Å². The summed E-state index contributed by atoms with van der Waals surface area (Å²) in [6.07, 6.45) is 3.14. The fraction of sp³-hybridized carbons (Fsp3) is 0.333. The average Bonchev–Trinajstić information content (AvgIpc) is 3.14. The molecule has 1 aliphatic rings. The summed E-state index contributed by atoms with van der Waals surface area (Å²) in [7, 11) is -1.80. The number of sulfonamides is 1. The highest BCUT2D eigenvalue weighted by Crippen LogP contribution is 2.25. The van der Waals surface area contributed by atoms with E-state index in [1.165, 1.54) is 34.5 Å². The van der Waals surface area contributed by atoms with Crippen molar-refractivity contribution < 1.29 is 13.2 Å². The van der Waals surface area contributed by atoms with Crippen LogP contribution in [-0.2, 0) is 21.9 Å². The number of halogens is 1. The molecule has 30 heavy (non-hydrogen) atoms. The number of nitrogens with zero attached hydrogens (tertiary/aromatic N) is 6. The quantitative estimate of drug-likeness (QED) is 0.416. The van der Waals surface area contributed by atoms with E-state index in [4.69, 9.17) is 11.6 Å². The van der Waals surface area contributed by atoms with Crippen molar-refractivity contribution in [2.75, 3.05) is 31.9 Å². The molecule has 4 rings (SSSR count). The molecule has 0 aliphatic carbocycles. The number of thioether (sulfide) groups is 1. The van der Waals surface area contributed by atoms with Gasteiger partial charge in [-0.2, -0.15) is 9.40 Å². The normalized spacial score (nSPS) is 15.6. The lowest BCUT2D eigenvalue weighted by Gasteiger charge is -2.34. The van der Waals surface area contributed by atoms with Crippen LogP contribution in [0.3, 0.4) is 0 Å². The van der Waals surface area contributed by atoms with Gasteiger partial charge in [-0.05, 0) is 24.3 Å². The van der Waals surface area contributed by atoms with Crippen LogP contribution in [0.25, 0.3) is 11.0 Å². The van der Waals surface area contributed by atoms with E-state index in [0.29, 0.717) is 28.8 Å². The SMILES string of the molecule is Cn1ncc2c(SCC(=O)N3CCN(S(=O)(=O)c4ccc(Cl)cc4)CC3)ncnc21. The van der Waals surface area contributed by atoms with Crippen molar-refractivity contribution in [3.63, 3.8) is 0 Å². The summed E-state index contributed by atoms with van der Waals surface area (Å²) in [6, 6.07) is 6.09. The number of carbonyl (C=O) groups is 1. The van der Waals surface area contributed by atoms with Gasteiger partial charge < -0.3 is 4.90 Å². The standard InChI is InChI=1S/C18H19ClN6O3S2/c1-23-17-15(10-22-23)18(21-12-20-17)29-11-16(26)24-6-8-25(9-7-24)30(27,28)14-4-2-13(19)3-5-14/h2-5,10,12H,6-9,11H2,1H3. The Kier molecular flexibility index (Phi) is 5.96. The Morgan fingerprint density at radius 3 is 2.53 bits per heavy atom. The first-order valence-electron chi connectivity index (χ1n) is 9.15.